The van der Waals surface area contributed by atoms with Crippen LogP contribution >= 0.6 is 11.6 Å². The average Bonchev–Trinajstić information content (AvgIpc) is 3.27. The molecule has 1 aliphatic carbocycles. The van der Waals surface area contributed by atoms with Crippen molar-refractivity contribution in [2.75, 3.05) is 26.2 Å². The van der Waals surface area contributed by atoms with Crippen LogP contribution in [0.2, 0.25) is 5.02 Å². The van der Waals surface area contributed by atoms with Gasteiger partial charge in [-0.2, -0.15) is 0 Å². The Morgan fingerprint density at radius 3 is 2.18 bits per heavy atom. The largest absolute Gasteiger partial charge is 0.337 e. The number of fused-ring (bicyclic) bond motifs is 1. The molecule has 0 radical (unpaired) electrons. The van der Waals surface area contributed by atoms with Crippen molar-refractivity contribution in [3.63, 3.8) is 0 Å². The van der Waals surface area contributed by atoms with E-state index in [1.54, 1.807) is 29.2 Å². The van der Waals surface area contributed by atoms with Crippen molar-refractivity contribution in [3.05, 3.63) is 70.7 Å². The second-order valence-corrected chi connectivity index (χ2v) is 10.0. The standard InChI is InChI=1S/C27H30ClN3O3/c28-22-11-6-10-21(17-22)25(32)29-13-15-30(16-14-29)27(34)24-18-20-9-4-5-12-23(20)31(24)26(33)19-7-2-1-3-8-19/h1-3,6-8,10-11,17,20,23-24H,4-5,9,12-16,18H2. The zero-order chi connectivity index (χ0) is 23.7. The van der Waals surface area contributed by atoms with Gasteiger partial charge in [0, 0.05) is 48.4 Å². The van der Waals surface area contributed by atoms with Crippen LogP contribution < -0.4 is 0 Å². The molecule has 0 bridgehead atoms. The molecule has 3 aliphatic rings. The molecule has 178 valence electrons. The molecule has 2 saturated heterocycles. The number of benzene rings is 2. The highest BCUT2D eigenvalue weighted by Crippen LogP contribution is 2.41. The second kappa shape index (κ2) is 9.79. The maximum Gasteiger partial charge on any atom is 0.254 e. The molecule has 5 rings (SSSR count). The number of hydrogen-bond donors (Lipinski definition) is 0. The van der Waals surface area contributed by atoms with Gasteiger partial charge in [-0.1, -0.05) is 48.7 Å². The summed E-state index contributed by atoms with van der Waals surface area (Å²) in [6.45, 7) is 1.90. The number of halogens is 1. The lowest BCUT2D eigenvalue weighted by molar-refractivity contribution is -0.137. The van der Waals surface area contributed by atoms with Gasteiger partial charge >= 0.3 is 0 Å². The Bertz CT molecular complexity index is 1070. The first kappa shape index (κ1) is 22.9. The molecule has 2 aromatic carbocycles. The molecule has 7 heteroatoms. The molecular formula is C27H30ClN3O3. The fraction of sp³-hybridized carbons (Fsp3) is 0.444. The summed E-state index contributed by atoms with van der Waals surface area (Å²) in [7, 11) is 0. The van der Waals surface area contributed by atoms with E-state index in [1.807, 2.05) is 40.1 Å². The van der Waals surface area contributed by atoms with Crippen LogP contribution in [0.4, 0.5) is 0 Å². The quantitative estimate of drug-likeness (QED) is 0.666. The molecule has 3 amide bonds. The lowest BCUT2D eigenvalue weighted by Crippen LogP contribution is -2.56. The highest BCUT2D eigenvalue weighted by atomic mass is 35.5. The van der Waals surface area contributed by atoms with E-state index in [9.17, 15) is 14.4 Å². The van der Waals surface area contributed by atoms with E-state index < -0.39 is 6.04 Å². The summed E-state index contributed by atoms with van der Waals surface area (Å²) in [4.78, 5) is 45.6. The lowest BCUT2D eigenvalue weighted by atomic mass is 9.84. The molecular weight excluding hydrogens is 450 g/mol. The Balaban J connectivity index is 1.29. The van der Waals surface area contributed by atoms with Gasteiger partial charge in [0.05, 0.1) is 0 Å². The van der Waals surface area contributed by atoms with E-state index in [0.29, 0.717) is 48.2 Å². The van der Waals surface area contributed by atoms with E-state index in [0.717, 1.165) is 25.7 Å². The molecule has 2 aromatic rings. The number of piperazine rings is 1. The summed E-state index contributed by atoms with van der Waals surface area (Å²) in [5, 5.41) is 0.533. The second-order valence-electron chi connectivity index (χ2n) is 9.57. The van der Waals surface area contributed by atoms with Gasteiger partial charge in [-0.25, -0.2) is 0 Å². The monoisotopic (exact) mass is 479 g/mol. The van der Waals surface area contributed by atoms with Gasteiger partial charge < -0.3 is 14.7 Å². The van der Waals surface area contributed by atoms with Crippen LogP contribution in [-0.2, 0) is 4.79 Å². The van der Waals surface area contributed by atoms with Crippen molar-refractivity contribution in [2.24, 2.45) is 5.92 Å². The molecule has 0 N–H and O–H groups in total. The summed E-state index contributed by atoms with van der Waals surface area (Å²) in [5.41, 5.74) is 1.20. The Morgan fingerprint density at radius 1 is 0.765 bits per heavy atom. The summed E-state index contributed by atoms with van der Waals surface area (Å²) >= 11 is 6.04. The summed E-state index contributed by atoms with van der Waals surface area (Å²) in [6, 6.07) is 16.0. The smallest absolute Gasteiger partial charge is 0.254 e. The van der Waals surface area contributed by atoms with E-state index in [-0.39, 0.29) is 23.8 Å². The molecule has 2 heterocycles. The summed E-state index contributed by atoms with van der Waals surface area (Å²) in [6.07, 6.45) is 5.05. The normalized spacial score (nSPS) is 24.6. The molecule has 34 heavy (non-hydrogen) atoms. The summed E-state index contributed by atoms with van der Waals surface area (Å²) < 4.78 is 0. The van der Waals surface area contributed by atoms with Crippen LogP contribution in [0.1, 0.15) is 52.8 Å². The number of hydrogen-bond acceptors (Lipinski definition) is 3. The zero-order valence-electron chi connectivity index (χ0n) is 19.2. The van der Waals surface area contributed by atoms with Crippen LogP contribution in [-0.4, -0.2) is 70.7 Å². The van der Waals surface area contributed by atoms with Crippen molar-refractivity contribution in [1.29, 1.82) is 0 Å². The Labute approximate surface area is 205 Å². The van der Waals surface area contributed by atoms with Crippen molar-refractivity contribution in [3.8, 4) is 0 Å². The van der Waals surface area contributed by atoms with Crippen LogP contribution in [0.25, 0.3) is 0 Å². The SMILES string of the molecule is O=C(c1cccc(Cl)c1)N1CCN(C(=O)C2CC3CCCCC3N2C(=O)c2ccccc2)CC1. The number of nitrogens with zero attached hydrogens (tertiary/aromatic N) is 3. The van der Waals surface area contributed by atoms with Gasteiger partial charge in [-0.3, -0.25) is 14.4 Å². The Morgan fingerprint density at radius 2 is 1.44 bits per heavy atom. The van der Waals surface area contributed by atoms with Crippen LogP contribution in [0.3, 0.4) is 0 Å². The Kier molecular flexibility index (Phi) is 6.59. The van der Waals surface area contributed by atoms with Crippen molar-refractivity contribution >= 4 is 29.3 Å². The van der Waals surface area contributed by atoms with Crippen molar-refractivity contribution < 1.29 is 14.4 Å². The van der Waals surface area contributed by atoms with Crippen molar-refractivity contribution in [2.45, 2.75) is 44.2 Å². The molecule has 3 unspecified atom stereocenters. The number of carbonyl (C=O) groups is 3. The fourth-order valence-electron chi connectivity index (χ4n) is 5.85. The first-order valence-electron chi connectivity index (χ1n) is 12.2. The van der Waals surface area contributed by atoms with Gasteiger partial charge in [0.15, 0.2) is 0 Å². The first-order valence-corrected chi connectivity index (χ1v) is 12.6. The Hall–Kier alpha value is -2.86. The van der Waals surface area contributed by atoms with Crippen molar-refractivity contribution in [1.82, 2.24) is 14.7 Å². The molecule has 3 atom stereocenters. The van der Waals surface area contributed by atoms with Crippen LogP contribution in [0, 0.1) is 5.92 Å². The average molecular weight is 480 g/mol. The van der Waals surface area contributed by atoms with Crippen LogP contribution in [0.15, 0.2) is 54.6 Å². The van der Waals surface area contributed by atoms with Gasteiger partial charge in [-0.15, -0.1) is 0 Å². The molecule has 6 nitrogen and oxygen atoms in total. The first-order chi connectivity index (χ1) is 16.5. The predicted molar refractivity (Wildman–Crippen MR) is 131 cm³/mol. The minimum absolute atomic E-state index is 0.0218. The van der Waals surface area contributed by atoms with Gasteiger partial charge in [0.25, 0.3) is 11.8 Å². The molecule has 1 saturated carbocycles. The molecule has 0 spiro atoms. The third-order valence-electron chi connectivity index (χ3n) is 7.58. The number of amides is 3. The minimum Gasteiger partial charge on any atom is -0.337 e. The third-order valence-corrected chi connectivity index (χ3v) is 7.81. The van der Waals surface area contributed by atoms with Gasteiger partial charge in [0.2, 0.25) is 5.91 Å². The maximum absolute atomic E-state index is 13.7. The van der Waals surface area contributed by atoms with Gasteiger partial charge in [0.1, 0.15) is 6.04 Å². The number of carbonyl (C=O) groups excluding carboxylic acids is 3. The van der Waals surface area contributed by atoms with Crippen LogP contribution in [0.5, 0.6) is 0 Å². The van der Waals surface area contributed by atoms with E-state index >= 15 is 0 Å². The zero-order valence-corrected chi connectivity index (χ0v) is 20.0. The highest BCUT2D eigenvalue weighted by molar-refractivity contribution is 6.30. The fourth-order valence-corrected chi connectivity index (χ4v) is 6.04. The topological polar surface area (TPSA) is 60.9 Å². The molecule has 0 aromatic heterocycles. The lowest BCUT2D eigenvalue weighted by Gasteiger charge is -2.38. The van der Waals surface area contributed by atoms with E-state index in [4.69, 9.17) is 11.6 Å². The third kappa shape index (κ3) is 4.43. The van der Waals surface area contributed by atoms with Gasteiger partial charge in [-0.05, 0) is 55.5 Å². The maximum atomic E-state index is 13.7. The number of likely N-dealkylation sites (tertiary alicyclic amines) is 1. The molecule has 2 aliphatic heterocycles. The minimum atomic E-state index is -0.420. The summed E-state index contributed by atoms with van der Waals surface area (Å²) in [5.74, 6) is 0.306. The van der Waals surface area contributed by atoms with E-state index in [1.165, 1.54) is 6.42 Å². The predicted octanol–water partition coefficient (Wildman–Crippen LogP) is 4.10. The molecule has 3 fully saturated rings. The highest BCUT2D eigenvalue weighted by Gasteiger charge is 2.48. The number of rotatable bonds is 3. The van der Waals surface area contributed by atoms with E-state index in [2.05, 4.69) is 0 Å².